The van der Waals surface area contributed by atoms with Crippen molar-refractivity contribution in [1.29, 1.82) is 0 Å². The van der Waals surface area contributed by atoms with E-state index >= 15 is 0 Å². The highest BCUT2D eigenvalue weighted by Crippen LogP contribution is 2.31. The van der Waals surface area contributed by atoms with Crippen molar-refractivity contribution < 1.29 is 9.53 Å². The van der Waals surface area contributed by atoms with Gasteiger partial charge in [-0.3, -0.25) is 4.79 Å². The third-order valence-corrected chi connectivity index (χ3v) is 4.76. The molecular formula is C21H21Cl2N3O2. The lowest BCUT2D eigenvalue weighted by Crippen LogP contribution is -2.16. The third kappa shape index (κ3) is 5.12. The van der Waals surface area contributed by atoms with Crippen molar-refractivity contribution in [3.8, 4) is 22.5 Å². The molecule has 0 aliphatic carbocycles. The minimum Gasteiger partial charge on any atom is -0.464 e. The molecule has 0 atom stereocenters. The Morgan fingerprint density at radius 1 is 0.964 bits per heavy atom. The summed E-state index contributed by atoms with van der Waals surface area (Å²) in [7, 11) is 0. The number of rotatable bonds is 8. The molecule has 7 heteroatoms. The molecule has 0 amide bonds. The van der Waals surface area contributed by atoms with Gasteiger partial charge >= 0.3 is 5.97 Å². The quantitative estimate of drug-likeness (QED) is 0.350. The lowest BCUT2D eigenvalue weighted by Gasteiger charge is -2.09. The summed E-state index contributed by atoms with van der Waals surface area (Å²) in [4.78, 5) is 12.3. The van der Waals surface area contributed by atoms with Crippen LogP contribution in [0.2, 0.25) is 10.0 Å². The zero-order chi connectivity index (χ0) is 19.9. The molecule has 1 aromatic heterocycles. The predicted molar refractivity (Wildman–Crippen MR) is 111 cm³/mol. The van der Waals surface area contributed by atoms with Crippen molar-refractivity contribution >= 4 is 29.2 Å². The largest absolute Gasteiger partial charge is 0.464 e. The Labute approximate surface area is 174 Å². The monoisotopic (exact) mass is 417 g/mol. The summed E-state index contributed by atoms with van der Waals surface area (Å²) >= 11 is 12.0. The fourth-order valence-electron chi connectivity index (χ4n) is 2.83. The van der Waals surface area contributed by atoms with Crippen LogP contribution in [0, 0.1) is 0 Å². The first-order chi connectivity index (χ1) is 13.6. The van der Waals surface area contributed by atoms with Crippen LogP contribution in [0.4, 0.5) is 0 Å². The van der Waals surface area contributed by atoms with Crippen LogP contribution in [-0.4, -0.2) is 27.6 Å². The molecule has 0 unspecified atom stereocenters. The van der Waals surface area contributed by atoms with Gasteiger partial charge in [-0.2, -0.15) is 0 Å². The maximum absolute atomic E-state index is 12.3. The van der Waals surface area contributed by atoms with E-state index in [0.717, 1.165) is 36.1 Å². The number of hydrogen-bond donors (Lipinski definition) is 0. The highest BCUT2D eigenvalue weighted by Gasteiger charge is 2.19. The van der Waals surface area contributed by atoms with Gasteiger partial charge in [0.2, 0.25) is 0 Å². The van der Waals surface area contributed by atoms with Gasteiger partial charge in [0.1, 0.15) is 12.2 Å². The van der Waals surface area contributed by atoms with Gasteiger partial charge in [0, 0.05) is 21.2 Å². The average molecular weight is 418 g/mol. The van der Waals surface area contributed by atoms with Crippen molar-refractivity contribution in [3.05, 3.63) is 58.6 Å². The predicted octanol–water partition coefficient (Wildman–Crippen LogP) is 5.65. The van der Waals surface area contributed by atoms with Gasteiger partial charge in [0.25, 0.3) is 0 Å². The van der Waals surface area contributed by atoms with Gasteiger partial charge in [-0.1, -0.05) is 72.4 Å². The molecule has 28 heavy (non-hydrogen) atoms. The van der Waals surface area contributed by atoms with Crippen molar-refractivity contribution in [3.63, 3.8) is 0 Å². The second-order valence-corrected chi connectivity index (χ2v) is 7.26. The second-order valence-electron chi connectivity index (χ2n) is 6.39. The minimum atomic E-state index is -0.334. The van der Waals surface area contributed by atoms with Crippen LogP contribution in [0.5, 0.6) is 0 Å². The molecule has 0 spiro atoms. The molecule has 5 nitrogen and oxygen atoms in total. The highest BCUT2D eigenvalue weighted by molar-refractivity contribution is 6.31. The third-order valence-electron chi connectivity index (χ3n) is 4.26. The maximum Gasteiger partial charge on any atom is 0.327 e. The minimum absolute atomic E-state index is 0.00925. The molecule has 0 aliphatic heterocycles. The van der Waals surface area contributed by atoms with E-state index < -0.39 is 0 Å². The van der Waals surface area contributed by atoms with Crippen molar-refractivity contribution in [2.45, 2.75) is 32.7 Å². The molecule has 0 aliphatic rings. The fourth-order valence-corrected chi connectivity index (χ4v) is 3.08. The van der Waals surface area contributed by atoms with Gasteiger partial charge in [0.15, 0.2) is 0 Å². The summed E-state index contributed by atoms with van der Waals surface area (Å²) in [6, 6.07) is 14.7. The van der Waals surface area contributed by atoms with E-state index in [1.165, 1.54) is 0 Å². The Morgan fingerprint density at radius 3 is 2.18 bits per heavy atom. The highest BCUT2D eigenvalue weighted by atomic mass is 35.5. The van der Waals surface area contributed by atoms with Gasteiger partial charge in [-0.25, -0.2) is 4.68 Å². The smallest absolute Gasteiger partial charge is 0.327 e. The Bertz CT molecular complexity index is 922. The van der Waals surface area contributed by atoms with Crippen molar-refractivity contribution in [1.82, 2.24) is 15.0 Å². The number of hydrogen-bond acceptors (Lipinski definition) is 4. The molecule has 1 heterocycles. The number of unbranched alkanes of at least 4 members (excludes halogenated alkanes) is 2. The number of benzene rings is 2. The van der Waals surface area contributed by atoms with E-state index in [1.807, 2.05) is 24.3 Å². The fraction of sp³-hybridized carbons (Fsp3) is 0.286. The van der Waals surface area contributed by atoms with E-state index in [9.17, 15) is 4.79 Å². The first-order valence-electron chi connectivity index (χ1n) is 9.19. The summed E-state index contributed by atoms with van der Waals surface area (Å²) in [6.45, 7) is 2.51. The maximum atomic E-state index is 12.3. The van der Waals surface area contributed by atoms with Crippen molar-refractivity contribution in [2.75, 3.05) is 6.61 Å². The molecule has 0 N–H and O–H groups in total. The normalized spacial score (nSPS) is 10.8. The number of carbonyl (C=O) groups excluding carboxylic acids is 1. The van der Waals surface area contributed by atoms with Gasteiger partial charge in [-0.15, -0.1) is 5.10 Å². The molecule has 146 valence electrons. The van der Waals surface area contributed by atoms with Crippen LogP contribution in [0.25, 0.3) is 22.5 Å². The van der Waals surface area contributed by atoms with E-state index in [-0.39, 0.29) is 12.5 Å². The SMILES string of the molecule is CCCCCOC(=O)Cn1nnc(-c2ccc(Cl)cc2)c1-c1ccc(Cl)cc1. The molecule has 0 radical (unpaired) electrons. The topological polar surface area (TPSA) is 57.0 Å². The molecular weight excluding hydrogens is 397 g/mol. The van der Waals surface area contributed by atoms with Crippen LogP contribution < -0.4 is 0 Å². The molecule has 3 rings (SSSR count). The van der Waals surface area contributed by atoms with Crippen molar-refractivity contribution in [2.24, 2.45) is 0 Å². The molecule has 0 saturated carbocycles. The van der Waals surface area contributed by atoms with Crippen LogP contribution in [0.3, 0.4) is 0 Å². The number of nitrogens with zero attached hydrogens (tertiary/aromatic N) is 3. The van der Waals surface area contributed by atoms with E-state index in [2.05, 4.69) is 17.2 Å². The number of esters is 1. The Kier molecular flexibility index (Phi) is 7.06. The van der Waals surface area contributed by atoms with Gasteiger partial charge in [-0.05, 0) is 30.7 Å². The Morgan fingerprint density at radius 2 is 1.57 bits per heavy atom. The summed E-state index contributed by atoms with van der Waals surface area (Å²) in [5.74, 6) is -0.334. The van der Waals surface area contributed by atoms with E-state index in [0.29, 0.717) is 22.3 Å². The summed E-state index contributed by atoms with van der Waals surface area (Å²) in [6.07, 6.45) is 2.97. The summed E-state index contributed by atoms with van der Waals surface area (Å²) in [5, 5.41) is 9.77. The van der Waals surface area contributed by atoms with Crippen LogP contribution in [0.15, 0.2) is 48.5 Å². The van der Waals surface area contributed by atoms with E-state index in [4.69, 9.17) is 27.9 Å². The number of ether oxygens (including phenoxy) is 1. The lowest BCUT2D eigenvalue weighted by molar-refractivity contribution is -0.144. The average Bonchev–Trinajstić information content (AvgIpc) is 3.10. The number of aromatic nitrogens is 3. The first kappa shape index (κ1) is 20.4. The first-order valence-corrected chi connectivity index (χ1v) is 9.95. The summed E-state index contributed by atoms with van der Waals surface area (Å²) in [5.41, 5.74) is 3.11. The van der Waals surface area contributed by atoms with Crippen LogP contribution in [0.1, 0.15) is 26.2 Å². The second kappa shape index (κ2) is 9.71. The molecule has 0 saturated heterocycles. The molecule has 3 aromatic rings. The molecule has 2 aromatic carbocycles. The number of carbonyl (C=O) groups is 1. The van der Waals surface area contributed by atoms with Crippen LogP contribution in [-0.2, 0) is 16.1 Å². The Balaban J connectivity index is 1.90. The standard InChI is InChI=1S/C21H21Cl2N3O2/c1-2-3-4-13-28-19(27)14-26-21(16-7-11-18(23)12-8-16)20(24-25-26)15-5-9-17(22)10-6-15/h5-12H,2-4,13-14H2,1H3. The van der Waals surface area contributed by atoms with Gasteiger partial charge in [0.05, 0.1) is 12.3 Å². The molecule has 0 bridgehead atoms. The summed E-state index contributed by atoms with van der Waals surface area (Å²) < 4.78 is 6.89. The number of halogens is 2. The zero-order valence-corrected chi connectivity index (χ0v) is 17.1. The van der Waals surface area contributed by atoms with Gasteiger partial charge < -0.3 is 4.74 Å². The Hall–Kier alpha value is -2.37. The van der Waals surface area contributed by atoms with E-state index in [1.54, 1.807) is 28.9 Å². The lowest BCUT2D eigenvalue weighted by atomic mass is 10.0. The molecule has 0 fully saturated rings. The van der Waals surface area contributed by atoms with Crippen LogP contribution >= 0.6 is 23.2 Å². The zero-order valence-electron chi connectivity index (χ0n) is 15.6.